The molecule has 0 saturated carbocycles. The predicted molar refractivity (Wildman–Crippen MR) is 97.5 cm³/mol. The maximum absolute atomic E-state index is 14.6. The van der Waals surface area contributed by atoms with Crippen LogP contribution >= 0.6 is 0 Å². The molecule has 4 aliphatic rings. The van der Waals surface area contributed by atoms with Gasteiger partial charge in [-0.15, -0.1) is 0 Å². The van der Waals surface area contributed by atoms with Gasteiger partial charge in [-0.2, -0.15) is 0 Å². The minimum Gasteiger partial charge on any atom is -0.357 e. The fourth-order valence-electron chi connectivity index (χ4n) is 5.52. The lowest BCUT2D eigenvalue weighted by Gasteiger charge is -2.51. The van der Waals surface area contributed by atoms with E-state index in [1.807, 2.05) is 24.1 Å². The molecule has 2 aromatic rings. The van der Waals surface area contributed by atoms with E-state index in [2.05, 4.69) is 9.88 Å². The van der Waals surface area contributed by atoms with Gasteiger partial charge < -0.3 is 9.88 Å². The molecule has 6 heteroatoms. The van der Waals surface area contributed by atoms with Crippen LogP contribution in [-0.4, -0.2) is 52.4 Å². The van der Waals surface area contributed by atoms with Crippen molar-refractivity contribution in [2.24, 2.45) is 5.92 Å². The number of piperidine rings is 3. The Morgan fingerprint density at radius 2 is 1.96 bits per heavy atom. The SMILES string of the molecule is Cc1c[nH]c(C(=O)N2C[C@@H](c3cccc(F)c3F)[C@@H]3[C@H]2C2CCN3CC2)c1. The number of H-pyrrole nitrogens is 1. The first kappa shape index (κ1) is 16.9. The Hall–Kier alpha value is -2.21. The Balaban J connectivity index is 1.56. The Morgan fingerprint density at radius 1 is 1.19 bits per heavy atom. The van der Waals surface area contributed by atoms with Crippen LogP contribution in [0.3, 0.4) is 0 Å². The zero-order valence-corrected chi connectivity index (χ0v) is 15.3. The van der Waals surface area contributed by atoms with Gasteiger partial charge in [0.2, 0.25) is 0 Å². The normalized spacial score (nSPS) is 32.0. The van der Waals surface area contributed by atoms with Crippen LogP contribution in [0.25, 0.3) is 0 Å². The maximum Gasteiger partial charge on any atom is 0.270 e. The number of hydrogen-bond acceptors (Lipinski definition) is 2. The zero-order chi connectivity index (χ0) is 18.7. The number of halogens is 2. The number of carbonyl (C=O) groups is 1. The van der Waals surface area contributed by atoms with Crippen LogP contribution in [-0.2, 0) is 0 Å². The van der Waals surface area contributed by atoms with E-state index in [0.29, 0.717) is 23.7 Å². The largest absolute Gasteiger partial charge is 0.357 e. The monoisotopic (exact) mass is 371 g/mol. The Bertz CT molecular complexity index is 887. The molecule has 4 aliphatic heterocycles. The molecule has 0 unspecified atom stereocenters. The Kier molecular flexibility index (Phi) is 3.86. The van der Waals surface area contributed by atoms with Crippen molar-refractivity contribution in [2.45, 2.75) is 37.8 Å². The molecule has 4 fully saturated rings. The Morgan fingerprint density at radius 3 is 2.67 bits per heavy atom. The van der Waals surface area contributed by atoms with Crippen LogP contribution in [0, 0.1) is 24.5 Å². The van der Waals surface area contributed by atoms with E-state index >= 15 is 0 Å². The quantitative estimate of drug-likeness (QED) is 0.880. The van der Waals surface area contributed by atoms with Gasteiger partial charge in [0, 0.05) is 24.7 Å². The molecule has 1 aromatic heterocycles. The molecule has 3 atom stereocenters. The van der Waals surface area contributed by atoms with E-state index in [9.17, 15) is 13.6 Å². The lowest BCUT2D eigenvalue weighted by molar-refractivity contribution is -0.00374. The lowest BCUT2D eigenvalue weighted by Crippen LogP contribution is -2.60. The number of hydrogen-bond donors (Lipinski definition) is 1. The van der Waals surface area contributed by atoms with Gasteiger partial charge in [-0.05, 0) is 62.0 Å². The van der Waals surface area contributed by atoms with E-state index in [4.69, 9.17) is 0 Å². The minimum atomic E-state index is -0.815. The summed E-state index contributed by atoms with van der Waals surface area (Å²) in [4.78, 5) is 20.6. The highest BCUT2D eigenvalue weighted by Gasteiger charge is 2.55. The number of aromatic nitrogens is 1. The standard InChI is InChI=1S/C21H23F2N3O/c1-12-9-17(24-10-12)21(27)26-11-15(14-3-2-4-16(22)18(14)23)20-19(26)13-5-7-25(20)8-6-13/h2-4,9-10,13,15,19-20,24H,5-8,11H2,1H3/t15-,19+,20+/m0/s1. The minimum absolute atomic E-state index is 0.0360. The van der Waals surface area contributed by atoms with Gasteiger partial charge >= 0.3 is 0 Å². The zero-order valence-electron chi connectivity index (χ0n) is 15.3. The van der Waals surface area contributed by atoms with Crippen molar-refractivity contribution >= 4 is 5.91 Å². The first-order chi connectivity index (χ1) is 13.0. The van der Waals surface area contributed by atoms with E-state index in [-0.39, 0.29) is 23.9 Å². The van der Waals surface area contributed by atoms with Gasteiger partial charge in [0.25, 0.3) is 5.91 Å². The topological polar surface area (TPSA) is 39.3 Å². The summed E-state index contributed by atoms with van der Waals surface area (Å²) in [5.74, 6) is -1.39. The van der Waals surface area contributed by atoms with Crippen LogP contribution in [0.2, 0.25) is 0 Å². The molecule has 0 aliphatic carbocycles. The molecule has 1 amide bonds. The fraction of sp³-hybridized carbons (Fsp3) is 0.476. The van der Waals surface area contributed by atoms with Gasteiger partial charge in [0.15, 0.2) is 11.6 Å². The summed E-state index contributed by atoms with van der Waals surface area (Å²) in [6.45, 7) is 4.32. The molecule has 4 saturated heterocycles. The number of aryl methyl sites for hydroxylation is 1. The van der Waals surface area contributed by atoms with Crippen molar-refractivity contribution in [3.8, 4) is 0 Å². The molecule has 0 radical (unpaired) electrons. The average molecular weight is 371 g/mol. The van der Waals surface area contributed by atoms with E-state index in [0.717, 1.165) is 37.6 Å². The van der Waals surface area contributed by atoms with Gasteiger partial charge in [-0.1, -0.05) is 12.1 Å². The second-order valence-electron chi connectivity index (χ2n) is 8.15. The summed E-state index contributed by atoms with van der Waals surface area (Å²) in [6.07, 6.45) is 3.95. The molecule has 4 nitrogen and oxygen atoms in total. The smallest absolute Gasteiger partial charge is 0.270 e. The number of carbonyl (C=O) groups excluding carboxylic acids is 1. The summed E-state index contributed by atoms with van der Waals surface area (Å²) in [7, 11) is 0. The van der Waals surface area contributed by atoms with E-state index in [1.165, 1.54) is 0 Å². The van der Waals surface area contributed by atoms with Gasteiger partial charge in [0.05, 0.1) is 6.04 Å². The number of nitrogens with one attached hydrogen (secondary N) is 1. The number of aromatic amines is 1. The molecular formula is C21H23F2N3O. The molecule has 142 valence electrons. The molecule has 0 spiro atoms. The third-order valence-corrected chi connectivity index (χ3v) is 6.69. The number of amides is 1. The maximum atomic E-state index is 14.6. The number of rotatable bonds is 2. The highest BCUT2D eigenvalue weighted by molar-refractivity contribution is 5.93. The molecular weight excluding hydrogens is 348 g/mol. The molecule has 6 rings (SSSR count). The van der Waals surface area contributed by atoms with Crippen molar-refractivity contribution in [1.29, 1.82) is 0 Å². The summed E-state index contributed by atoms with van der Waals surface area (Å²) >= 11 is 0. The molecule has 27 heavy (non-hydrogen) atoms. The van der Waals surface area contributed by atoms with Crippen LogP contribution in [0.15, 0.2) is 30.5 Å². The summed E-state index contributed by atoms with van der Waals surface area (Å²) < 4.78 is 28.5. The highest BCUT2D eigenvalue weighted by atomic mass is 19.2. The number of likely N-dealkylation sites (tertiary alicyclic amines) is 1. The van der Waals surface area contributed by atoms with Crippen molar-refractivity contribution in [2.75, 3.05) is 19.6 Å². The van der Waals surface area contributed by atoms with Crippen LogP contribution in [0.4, 0.5) is 8.78 Å². The van der Waals surface area contributed by atoms with Crippen LogP contribution < -0.4 is 0 Å². The van der Waals surface area contributed by atoms with Crippen molar-refractivity contribution in [3.63, 3.8) is 0 Å². The lowest BCUT2D eigenvalue weighted by atomic mass is 9.75. The van der Waals surface area contributed by atoms with Gasteiger partial charge in [-0.25, -0.2) is 8.78 Å². The predicted octanol–water partition coefficient (Wildman–Crippen LogP) is 3.30. The molecule has 5 heterocycles. The second kappa shape index (κ2) is 6.16. The van der Waals surface area contributed by atoms with Crippen LogP contribution in [0.1, 0.15) is 40.4 Å². The fourth-order valence-corrected chi connectivity index (χ4v) is 5.52. The second-order valence-corrected chi connectivity index (χ2v) is 8.15. The van der Waals surface area contributed by atoms with Gasteiger partial charge in [-0.3, -0.25) is 9.69 Å². The molecule has 2 bridgehead atoms. The van der Waals surface area contributed by atoms with E-state index in [1.54, 1.807) is 12.1 Å². The summed E-state index contributed by atoms with van der Waals surface area (Å²) in [5, 5.41) is 0. The van der Waals surface area contributed by atoms with E-state index < -0.39 is 11.6 Å². The number of nitrogens with zero attached hydrogens (tertiary/aromatic N) is 2. The van der Waals surface area contributed by atoms with Crippen LogP contribution in [0.5, 0.6) is 0 Å². The number of fused-ring (bicyclic) bond motifs is 2. The highest BCUT2D eigenvalue weighted by Crippen LogP contribution is 2.47. The third-order valence-electron chi connectivity index (χ3n) is 6.69. The third kappa shape index (κ3) is 2.53. The first-order valence-corrected chi connectivity index (χ1v) is 9.68. The number of benzene rings is 1. The first-order valence-electron chi connectivity index (χ1n) is 9.68. The average Bonchev–Trinajstić information content (AvgIpc) is 3.30. The van der Waals surface area contributed by atoms with Crippen molar-refractivity contribution in [3.05, 3.63) is 58.9 Å². The van der Waals surface area contributed by atoms with Crippen molar-refractivity contribution in [1.82, 2.24) is 14.8 Å². The van der Waals surface area contributed by atoms with Crippen molar-refractivity contribution < 1.29 is 13.6 Å². The van der Waals surface area contributed by atoms with Gasteiger partial charge in [0.1, 0.15) is 5.69 Å². The molecule has 1 aromatic carbocycles. The summed E-state index contributed by atoms with van der Waals surface area (Å²) in [5.41, 5.74) is 1.98. The molecule has 1 N–H and O–H groups in total. The summed E-state index contributed by atoms with van der Waals surface area (Å²) in [6, 6.07) is 6.39. The Labute approximate surface area is 157 Å².